The summed E-state index contributed by atoms with van der Waals surface area (Å²) < 4.78 is 12.2. The van der Waals surface area contributed by atoms with Gasteiger partial charge in [-0.3, -0.25) is 4.79 Å². The summed E-state index contributed by atoms with van der Waals surface area (Å²) in [6.45, 7) is 15.3. The second kappa shape index (κ2) is 12.4. The SMILES string of the molecule is [C-]#[N+]CC1CN(c2nc(O[C@@H]3COC[C@@H]3N(C)C)nc3c2CCN(c2cccc4cccc(Cl)c24)C3)CCN1C(=O)C=C. The summed E-state index contributed by atoms with van der Waals surface area (Å²) in [5, 5.41) is 2.85. The molecule has 10 nitrogen and oxygen atoms in total. The highest BCUT2D eigenvalue weighted by molar-refractivity contribution is 6.36. The molecule has 3 aliphatic heterocycles. The molecule has 224 valence electrons. The predicted octanol–water partition coefficient (Wildman–Crippen LogP) is 3.68. The fourth-order valence-corrected chi connectivity index (χ4v) is 6.70. The number of carbonyl (C=O) groups is 1. The van der Waals surface area contributed by atoms with Gasteiger partial charge in [0.1, 0.15) is 18.0 Å². The van der Waals surface area contributed by atoms with Crippen LogP contribution in [0.2, 0.25) is 5.02 Å². The van der Waals surface area contributed by atoms with Crippen molar-refractivity contribution < 1.29 is 14.3 Å². The van der Waals surface area contributed by atoms with Gasteiger partial charge in [-0.05, 0) is 44.1 Å². The number of rotatable bonds is 7. The number of carbonyl (C=O) groups excluding carboxylic acids is 1. The summed E-state index contributed by atoms with van der Waals surface area (Å²) in [4.78, 5) is 34.5. The fourth-order valence-electron chi connectivity index (χ4n) is 6.42. The Morgan fingerprint density at radius 2 is 2.00 bits per heavy atom. The Morgan fingerprint density at radius 3 is 2.77 bits per heavy atom. The van der Waals surface area contributed by atoms with Gasteiger partial charge >= 0.3 is 6.01 Å². The van der Waals surface area contributed by atoms with Crippen molar-refractivity contribution in [3.63, 3.8) is 0 Å². The third kappa shape index (κ3) is 5.73. The molecule has 3 aliphatic rings. The van der Waals surface area contributed by atoms with Crippen LogP contribution in [0.4, 0.5) is 11.5 Å². The number of ether oxygens (including phenoxy) is 2. The Morgan fingerprint density at radius 1 is 1.19 bits per heavy atom. The average molecular weight is 602 g/mol. The van der Waals surface area contributed by atoms with Crippen molar-refractivity contribution in [2.45, 2.75) is 31.2 Å². The minimum absolute atomic E-state index is 0.0916. The van der Waals surface area contributed by atoms with Crippen LogP contribution in [0.5, 0.6) is 6.01 Å². The quantitative estimate of drug-likeness (QED) is 0.300. The van der Waals surface area contributed by atoms with Crippen molar-refractivity contribution in [2.75, 3.05) is 69.8 Å². The minimum atomic E-state index is -0.258. The number of hydrogen-bond acceptors (Lipinski definition) is 8. The monoisotopic (exact) mass is 601 g/mol. The zero-order valence-corrected chi connectivity index (χ0v) is 25.3. The lowest BCUT2D eigenvalue weighted by Gasteiger charge is -2.41. The van der Waals surface area contributed by atoms with Crippen LogP contribution in [0.15, 0.2) is 49.1 Å². The molecule has 0 saturated carbocycles. The number of hydrogen-bond donors (Lipinski definition) is 0. The van der Waals surface area contributed by atoms with E-state index in [0.29, 0.717) is 45.4 Å². The summed E-state index contributed by atoms with van der Waals surface area (Å²) in [7, 11) is 4.03. The molecule has 43 heavy (non-hydrogen) atoms. The van der Waals surface area contributed by atoms with Gasteiger partial charge in [0.25, 0.3) is 0 Å². The molecule has 0 spiro atoms. The lowest BCUT2D eigenvalue weighted by Crippen LogP contribution is -2.56. The van der Waals surface area contributed by atoms with Crippen LogP contribution in [0.25, 0.3) is 15.6 Å². The molecule has 0 aliphatic carbocycles. The second-order valence-electron chi connectivity index (χ2n) is 11.4. The molecule has 6 rings (SSSR count). The van der Waals surface area contributed by atoms with E-state index in [2.05, 4.69) is 50.4 Å². The highest BCUT2D eigenvalue weighted by Crippen LogP contribution is 2.37. The first-order chi connectivity index (χ1) is 20.9. The summed E-state index contributed by atoms with van der Waals surface area (Å²) in [6, 6.07) is 12.4. The van der Waals surface area contributed by atoms with Gasteiger partial charge in [-0.2, -0.15) is 9.97 Å². The van der Waals surface area contributed by atoms with E-state index < -0.39 is 0 Å². The highest BCUT2D eigenvalue weighted by atomic mass is 35.5. The smallest absolute Gasteiger partial charge is 0.319 e. The van der Waals surface area contributed by atoms with E-state index in [1.165, 1.54) is 6.08 Å². The van der Waals surface area contributed by atoms with E-state index in [1.54, 1.807) is 4.90 Å². The van der Waals surface area contributed by atoms with Gasteiger partial charge in [0.15, 0.2) is 0 Å². The van der Waals surface area contributed by atoms with Crippen molar-refractivity contribution in [3.8, 4) is 6.01 Å². The number of anilines is 2. The summed E-state index contributed by atoms with van der Waals surface area (Å²) in [5.74, 6) is 0.666. The van der Waals surface area contributed by atoms with Crippen molar-refractivity contribution >= 4 is 39.8 Å². The molecule has 2 aromatic carbocycles. The van der Waals surface area contributed by atoms with E-state index >= 15 is 0 Å². The number of halogens is 1. The molecule has 3 aromatic rings. The van der Waals surface area contributed by atoms with E-state index in [-0.39, 0.29) is 30.6 Å². The predicted molar refractivity (Wildman–Crippen MR) is 168 cm³/mol. The Balaban J connectivity index is 1.37. The van der Waals surface area contributed by atoms with Gasteiger partial charge in [-0.15, -0.1) is 0 Å². The molecule has 4 heterocycles. The molecule has 3 atom stereocenters. The lowest BCUT2D eigenvalue weighted by atomic mass is 10.0. The van der Waals surface area contributed by atoms with E-state index in [9.17, 15) is 4.79 Å². The van der Waals surface area contributed by atoms with Crippen molar-refractivity contribution in [3.05, 3.63) is 76.8 Å². The standard InChI is InChI=1S/C32H36ClN7O3/c1-5-29(41)40-15-14-39(17-22(40)16-34-2)31-23-12-13-38(26-11-7-9-21-8-6-10-24(33)30(21)26)18-25(23)35-32(36-31)43-28-20-42-19-27(28)37(3)4/h5-11,22,27-28H,1,12-20H2,3-4H3/t22?,27-,28+/m0/s1. The molecule has 1 amide bonds. The number of aromatic nitrogens is 2. The number of fused-ring (bicyclic) bond motifs is 2. The topological polar surface area (TPSA) is 78.6 Å². The number of amides is 1. The molecule has 0 bridgehead atoms. The third-order valence-electron chi connectivity index (χ3n) is 8.66. The molecule has 11 heteroatoms. The van der Waals surface area contributed by atoms with Crippen LogP contribution in [-0.4, -0.2) is 104 Å². The van der Waals surface area contributed by atoms with Gasteiger partial charge in [0.05, 0.1) is 36.5 Å². The summed E-state index contributed by atoms with van der Waals surface area (Å²) in [6.07, 6.45) is 1.86. The van der Waals surface area contributed by atoms with Crippen LogP contribution in [0.1, 0.15) is 11.3 Å². The number of benzene rings is 2. The molecule has 0 radical (unpaired) electrons. The third-order valence-corrected chi connectivity index (χ3v) is 8.97. The van der Waals surface area contributed by atoms with E-state index in [4.69, 9.17) is 37.6 Å². The van der Waals surface area contributed by atoms with E-state index in [0.717, 1.165) is 51.5 Å². The maximum atomic E-state index is 12.6. The normalized spacial score (nSPS) is 22.0. The van der Waals surface area contributed by atoms with Gasteiger partial charge in [0, 0.05) is 42.8 Å². The Bertz CT molecular complexity index is 1570. The van der Waals surface area contributed by atoms with Crippen LogP contribution in [0, 0.1) is 6.57 Å². The number of piperazine rings is 1. The molecule has 2 saturated heterocycles. The zero-order valence-electron chi connectivity index (χ0n) is 24.6. The van der Waals surface area contributed by atoms with Crippen LogP contribution in [-0.2, 0) is 22.5 Å². The van der Waals surface area contributed by atoms with E-state index in [1.807, 2.05) is 26.2 Å². The Labute approximate surface area is 257 Å². The lowest BCUT2D eigenvalue weighted by molar-refractivity contribution is -0.128. The van der Waals surface area contributed by atoms with Crippen LogP contribution < -0.4 is 14.5 Å². The highest BCUT2D eigenvalue weighted by Gasteiger charge is 2.36. The summed E-state index contributed by atoms with van der Waals surface area (Å²) >= 11 is 6.70. The largest absolute Gasteiger partial charge is 0.456 e. The van der Waals surface area contributed by atoms with Gasteiger partial charge in [0.2, 0.25) is 12.5 Å². The van der Waals surface area contributed by atoms with Crippen molar-refractivity contribution in [1.82, 2.24) is 19.8 Å². The first kappa shape index (κ1) is 29.2. The van der Waals surface area contributed by atoms with Crippen molar-refractivity contribution in [2.24, 2.45) is 0 Å². The van der Waals surface area contributed by atoms with Gasteiger partial charge < -0.3 is 33.9 Å². The molecule has 0 N–H and O–H groups in total. The zero-order chi connectivity index (χ0) is 30.1. The summed E-state index contributed by atoms with van der Waals surface area (Å²) in [5.41, 5.74) is 3.05. The van der Waals surface area contributed by atoms with Crippen LogP contribution >= 0.6 is 11.6 Å². The van der Waals surface area contributed by atoms with Crippen LogP contribution in [0.3, 0.4) is 0 Å². The Hall–Kier alpha value is -3.91. The molecular weight excluding hydrogens is 566 g/mol. The number of nitrogens with zero attached hydrogens (tertiary/aromatic N) is 7. The minimum Gasteiger partial charge on any atom is -0.456 e. The van der Waals surface area contributed by atoms with Gasteiger partial charge in [-0.25, -0.2) is 6.57 Å². The first-order valence-electron chi connectivity index (χ1n) is 14.6. The van der Waals surface area contributed by atoms with Crippen molar-refractivity contribution in [1.29, 1.82) is 0 Å². The average Bonchev–Trinajstić information content (AvgIpc) is 3.48. The second-order valence-corrected chi connectivity index (χ2v) is 11.8. The maximum absolute atomic E-state index is 12.6. The fraction of sp³-hybridized carbons (Fsp3) is 0.438. The molecule has 1 aromatic heterocycles. The Kier molecular flexibility index (Phi) is 8.39. The molecule has 1 unspecified atom stereocenters. The first-order valence-corrected chi connectivity index (χ1v) is 15.0. The van der Waals surface area contributed by atoms with Gasteiger partial charge in [-0.1, -0.05) is 42.4 Å². The number of likely N-dealkylation sites (N-methyl/N-ethyl adjacent to an activating group) is 1. The maximum Gasteiger partial charge on any atom is 0.319 e. The molecular formula is C32H36ClN7O3. The molecule has 2 fully saturated rings.